The lowest BCUT2D eigenvalue weighted by Crippen LogP contribution is -2.15. The van der Waals surface area contributed by atoms with E-state index in [9.17, 15) is 0 Å². The number of hydrogen-bond acceptors (Lipinski definition) is 3. The third-order valence-corrected chi connectivity index (χ3v) is 3.71. The van der Waals surface area contributed by atoms with Crippen molar-refractivity contribution in [1.82, 2.24) is 5.32 Å². The summed E-state index contributed by atoms with van der Waals surface area (Å²) in [5, 5.41) is 3.53. The largest absolute Gasteiger partial charge is 0.490 e. The number of ether oxygens (including phenoxy) is 2. The van der Waals surface area contributed by atoms with Crippen LogP contribution in [0.1, 0.15) is 71.8 Å². The minimum atomic E-state index is 0.158. The second-order valence-corrected chi connectivity index (χ2v) is 6.33. The highest BCUT2D eigenvalue weighted by atomic mass is 16.5. The topological polar surface area (TPSA) is 30.5 Å². The summed E-state index contributed by atoms with van der Waals surface area (Å²) >= 11 is 0. The number of nitrogens with one attached hydrogen (secondary N) is 1. The summed E-state index contributed by atoms with van der Waals surface area (Å²) < 4.78 is 11.5. The molecule has 0 aliphatic heterocycles. The van der Waals surface area contributed by atoms with Crippen LogP contribution in [0.3, 0.4) is 0 Å². The van der Waals surface area contributed by atoms with Gasteiger partial charge in [-0.2, -0.15) is 0 Å². The third kappa shape index (κ3) is 8.85. The first-order valence-electron chi connectivity index (χ1n) is 9.30. The van der Waals surface area contributed by atoms with E-state index in [2.05, 4.69) is 24.4 Å². The monoisotopic (exact) mass is 321 g/mol. The van der Waals surface area contributed by atoms with Crippen molar-refractivity contribution in [2.24, 2.45) is 0 Å². The van der Waals surface area contributed by atoms with Crippen molar-refractivity contribution < 1.29 is 9.47 Å². The molecule has 0 bridgehead atoms. The summed E-state index contributed by atoms with van der Waals surface area (Å²) in [5.41, 5.74) is 1.25. The van der Waals surface area contributed by atoms with Crippen LogP contribution in [0.25, 0.3) is 0 Å². The zero-order valence-electron chi connectivity index (χ0n) is 15.5. The Labute approximate surface area is 142 Å². The smallest absolute Gasteiger partial charge is 0.161 e. The number of benzene rings is 1. The first kappa shape index (κ1) is 19.8. The first-order chi connectivity index (χ1) is 11.2. The van der Waals surface area contributed by atoms with E-state index in [1.54, 1.807) is 0 Å². The van der Waals surface area contributed by atoms with Crippen molar-refractivity contribution in [3.63, 3.8) is 0 Å². The van der Waals surface area contributed by atoms with Crippen LogP contribution >= 0.6 is 0 Å². The summed E-state index contributed by atoms with van der Waals surface area (Å²) in [7, 11) is 0. The van der Waals surface area contributed by atoms with Gasteiger partial charge in [-0.05, 0) is 51.4 Å². The molecule has 132 valence electrons. The molecule has 3 nitrogen and oxygen atoms in total. The van der Waals surface area contributed by atoms with E-state index in [0.717, 1.165) is 24.6 Å². The predicted octanol–water partition coefficient (Wildman–Crippen LogP) is 5.32. The molecule has 0 aliphatic rings. The van der Waals surface area contributed by atoms with Crippen molar-refractivity contribution in [3.05, 3.63) is 23.8 Å². The Morgan fingerprint density at radius 2 is 1.70 bits per heavy atom. The molecule has 0 spiro atoms. The summed E-state index contributed by atoms with van der Waals surface area (Å²) in [4.78, 5) is 0. The zero-order valence-corrected chi connectivity index (χ0v) is 15.5. The molecule has 0 fully saturated rings. The maximum absolute atomic E-state index is 5.80. The van der Waals surface area contributed by atoms with Crippen LogP contribution < -0.4 is 14.8 Å². The summed E-state index contributed by atoms with van der Waals surface area (Å²) in [6.45, 7) is 11.0. The van der Waals surface area contributed by atoms with Crippen molar-refractivity contribution in [1.29, 1.82) is 0 Å². The average molecular weight is 322 g/mol. The molecule has 3 heteroatoms. The Kier molecular flexibility index (Phi) is 10.5. The fourth-order valence-electron chi connectivity index (χ4n) is 2.55. The molecule has 0 radical (unpaired) electrons. The molecule has 1 aromatic carbocycles. The minimum absolute atomic E-state index is 0.158. The average Bonchev–Trinajstić information content (AvgIpc) is 2.52. The lowest BCUT2D eigenvalue weighted by molar-refractivity contribution is 0.223. The second kappa shape index (κ2) is 12.2. The van der Waals surface area contributed by atoms with Crippen LogP contribution in [-0.4, -0.2) is 19.3 Å². The van der Waals surface area contributed by atoms with Gasteiger partial charge in [0.2, 0.25) is 0 Å². The predicted molar refractivity (Wildman–Crippen MR) is 98.5 cm³/mol. The van der Waals surface area contributed by atoms with Gasteiger partial charge in [0.05, 0.1) is 12.7 Å². The highest BCUT2D eigenvalue weighted by Gasteiger charge is 2.08. The molecule has 1 N–H and O–H groups in total. The van der Waals surface area contributed by atoms with Gasteiger partial charge >= 0.3 is 0 Å². The van der Waals surface area contributed by atoms with E-state index in [1.165, 1.54) is 44.1 Å². The van der Waals surface area contributed by atoms with Gasteiger partial charge in [-0.1, -0.05) is 45.1 Å². The molecule has 0 saturated heterocycles. The van der Waals surface area contributed by atoms with Crippen LogP contribution in [0.5, 0.6) is 11.5 Å². The summed E-state index contributed by atoms with van der Waals surface area (Å²) in [5.74, 6) is 1.68. The molecule has 0 atom stereocenters. The second-order valence-electron chi connectivity index (χ2n) is 6.33. The Morgan fingerprint density at radius 1 is 0.957 bits per heavy atom. The van der Waals surface area contributed by atoms with Gasteiger partial charge in [0, 0.05) is 6.54 Å². The van der Waals surface area contributed by atoms with Gasteiger partial charge < -0.3 is 14.8 Å². The van der Waals surface area contributed by atoms with Gasteiger partial charge in [0.1, 0.15) is 0 Å². The molecule has 23 heavy (non-hydrogen) atoms. The lowest BCUT2D eigenvalue weighted by atomic mass is 10.1. The highest BCUT2D eigenvalue weighted by molar-refractivity contribution is 5.43. The van der Waals surface area contributed by atoms with E-state index in [4.69, 9.17) is 9.47 Å². The molecule has 0 saturated carbocycles. The number of unbranched alkanes of at least 4 members (excludes halogenated alkanes) is 5. The fourth-order valence-corrected chi connectivity index (χ4v) is 2.55. The normalized spacial score (nSPS) is 11.0. The van der Waals surface area contributed by atoms with Crippen LogP contribution in [-0.2, 0) is 6.54 Å². The van der Waals surface area contributed by atoms with Gasteiger partial charge in [0.15, 0.2) is 11.5 Å². The van der Waals surface area contributed by atoms with E-state index in [-0.39, 0.29) is 6.10 Å². The molecule has 0 heterocycles. The lowest BCUT2D eigenvalue weighted by Gasteiger charge is -2.15. The SMILES string of the molecule is CCCCCCCCNCc1ccc(OC(C)C)c(OCC)c1. The van der Waals surface area contributed by atoms with E-state index < -0.39 is 0 Å². The first-order valence-corrected chi connectivity index (χ1v) is 9.30. The van der Waals surface area contributed by atoms with Crippen molar-refractivity contribution in [2.45, 2.75) is 78.9 Å². The zero-order chi connectivity index (χ0) is 16.9. The Balaban J connectivity index is 2.34. The standard InChI is InChI=1S/C20H35NO2/c1-5-7-8-9-10-11-14-21-16-18-12-13-19(23-17(3)4)20(15-18)22-6-2/h12-13,15,17,21H,5-11,14,16H2,1-4H3. The molecule has 0 unspecified atom stereocenters. The molecular weight excluding hydrogens is 286 g/mol. The van der Waals surface area contributed by atoms with Crippen LogP contribution in [0.15, 0.2) is 18.2 Å². The Bertz CT molecular complexity index is 418. The molecule has 0 aliphatic carbocycles. The van der Waals surface area contributed by atoms with Crippen molar-refractivity contribution >= 4 is 0 Å². The van der Waals surface area contributed by atoms with E-state index in [0.29, 0.717) is 6.61 Å². The van der Waals surface area contributed by atoms with E-state index >= 15 is 0 Å². The van der Waals surface area contributed by atoms with Crippen LogP contribution in [0, 0.1) is 0 Å². The molecule has 0 aromatic heterocycles. The summed E-state index contributed by atoms with van der Waals surface area (Å²) in [6.07, 6.45) is 8.19. The van der Waals surface area contributed by atoms with Crippen molar-refractivity contribution in [2.75, 3.05) is 13.2 Å². The molecular formula is C20H35NO2. The maximum Gasteiger partial charge on any atom is 0.161 e. The quantitative estimate of drug-likeness (QED) is 0.499. The number of rotatable bonds is 13. The van der Waals surface area contributed by atoms with Gasteiger partial charge in [-0.15, -0.1) is 0 Å². The maximum atomic E-state index is 5.80. The van der Waals surface area contributed by atoms with Crippen molar-refractivity contribution in [3.8, 4) is 11.5 Å². The molecule has 0 amide bonds. The number of hydrogen-bond donors (Lipinski definition) is 1. The minimum Gasteiger partial charge on any atom is -0.490 e. The Morgan fingerprint density at radius 3 is 2.39 bits per heavy atom. The van der Waals surface area contributed by atoms with Gasteiger partial charge in [-0.3, -0.25) is 0 Å². The Hall–Kier alpha value is -1.22. The van der Waals surface area contributed by atoms with Crippen LogP contribution in [0.2, 0.25) is 0 Å². The van der Waals surface area contributed by atoms with Gasteiger partial charge in [0.25, 0.3) is 0 Å². The van der Waals surface area contributed by atoms with Crippen LogP contribution in [0.4, 0.5) is 0 Å². The molecule has 1 aromatic rings. The summed E-state index contributed by atoms with van der Waals surface area (Å²) in [6, 6.07) is 6.23. The van der Waals surface area contributed by atoms with Gasteiger partial charge in [-0.25, -0.2) is 0 Å². The van der Waals surface area contributed by atoms with E-state index in [1.807, 2.05) is 26.8 Å². The third-order valence-electron chi connectivity index (χ3n) is 3.71. The fraction of sp³-hybridized carbons (Fsp3) is 0.700. The molecule has 1 rings (SSSR count). The highest BCUT2D eigenvalue weighted by Crippen LogP contribution is 2.29.